The average Bonchev–Trinajstić information content (AvgIpc) is 2.41. The van der Waals surface area contributed by atoms with E-state index in [9.17, 15) is 0 Å². The van der Waals surface area contributed by atoms with Crippen molar-refractivity contribution in [3.8, 4) is 6.07 Å². The molecule has 0 saturated carbocycles. The first-order valence-electron chi connectivity index (χ1n) is 5.09. The molecule has 96 valence electrons. The second-order valence-corrected chi connectivity index (χ2v) is 4.69. The van der Waals surface area contributed by atoms with Crippen LogP contribution in [0.1, 0.15) is 5.56 Å². The Labute approximate surface area is 122 Å². The van der Waals surface area contributed by atoms with E-state index < -0.39 is 0 Å². The van der Waals surface area contributed by atoms with Gasteiger partial charge in [0.25, 0.3) is 0 Å². The number of aromatic nitrogens is 2. The summed E-state index contributed by atoms with van der Waals surface area (Å²) in [6.07, 6.45) is 1.35. The van der Waals surface area contributed by atoms with Crippen molar-refractivity contribution in [2.45, 2.75) is 0 Å². The van der Waals surface area contributed by atoms with Crippen molar-refractivity contribution >= 4 is 44.9 Å². The number of hydrogen-bond donors (Lipinski definition) is 3. The molecule has 0 amide bonds. The van der Waals surface area contributed by atoms with Crippen LogP contribution in [0.25, 0.3) is 0 Å². The summed E-state index contributed by atoms with van der Waals surface area (Å²) in [5.74, 6) is 6.22. The molecule has 0 aliphatic rings. The lowest BCUT2D eigenvalue weighted by Gasteiger charge is -2.11. The van der Waals surface area contributed by atoms with Crippen LogP contribution in [0, 0.1) is 11.3 Å². The zero-order valence-electron chi connectivity index (χ0n) is 9.48. The van der Waals surface area contributed by atoms with Gasteiger partial charge >= 0.3 is 0 Å². The van der Waals surface area contributed by atoms with Gasteiger partial charge in [-0.25, -0.2) is 15.8 Å². The highest BCUT2D eigenvalue weighted by molar-refractivity contribution is 9.10. The van der Waals surface area contributed by atoms with E-state index in [-0.39, 0.29) is 0 Å². The number of nitriles is 1. The predicted molar refractivity (Wildman–Crippen MR) is 77.0 cm³/mol. The van der Waals surface area contributed by atoms with Crippen molar-refractivity contribution < 1.29 is 0 Å². The molecule has 6 nitrogen and oxygen atoms in total. The summed E-state index contributed by atoms with van der Waals surface area (Å²) in [5.41, 5.74) is 3.44. The van der Waals surface area contributed by atoms with Crippen molar-refractivity contribution in [1.82, 2.24) is 9.97 Å². The molecule has 0 saturated heterocycles. The van der Waals surface area contributed by atoms with Gasteiger partial charge in [-0.15, -0.1) is 0 Å². The van der Waals surface area contributed by atoms with Crippen molar-refractivity contribution in [2.75, 3.05) is 10.7 Å². The van der Waals surface area contributed by atoms with E-state index in [1.807, 2.05) is 0 Å². The molecule has 0 bridgehead atoms. The first-order chi connectivity index (χ1) is 9.15. The molecule has 2 rings (SSSR count). The zero-order valence-corrected chi connectivity index (χ0v) is 11.8. The highest BCUT2D eigenvalue weighted by atomic mass is 79.9. The lowest BCUT2D eigenvalue weighted by Crippen LogP contribution is -2.10. The second-order valence-electron chi connectivity index (χ2n) is 3.46. The van der Waals surface area contributed by atoms with Crippen LogP contribution in [0.3, 0.4) is 0 Å². The fourth-order valence-electron chi connectivity index (χ4n) is 1.40. The van der Waals surface area contributed by atoms with Gasteiger partial charge in [-0.2, -0.15) is 5.26 Å². The van der Waals surface area contributed by atoms with E-state index in [2.05, 4.69) is 42.7 Å². The Balaban J connectivity index is 2.42. The molecule has 0 unspecified atom stereocenters. The molecular formula is C11H8BrClN6. The van der Waals surface area contributed by atoms with Gasteiger partial charge in [-0.05, 0) is 34.1 Å². The quantitative estimate of drug-likeness (QED) is 0.587. The molecule has 0 aliphatic carbocycles. The molecular weight excluding hydrogens is 332 g/mol. The van der Waals surface area contributed by atoms with Gasteiger partial charge in [0, 0.05) is 5.02 Å². The molecule has 0 fully saturated rings. The Kier molecular flexibility index (Phi) is 4.16. The average molecular weight is 340 g/mol. The summed E-state index contributed by atoms with van der Waals surface area (Å²) in [7, 11) is 0. The smallest absolute Gasteiger partial charge is 0.159 e. The van der Waals surface area contributed by atoms with Gasteiger partial charge in [-0.3, -0.25) is 0 Å². The van der Waals surface area contributed by atoms with Gasteiger partial charge in [0.1, 0.15) is 22.7 Å². The normalized spacial score (nSPS) is 9.79. The van der Waals surface area contributed by atoms with E-state index in [1.165, 1.54) is 6.33 Å². The highest BCUT2D eigenvalue weighted by Crippen LogP contribution is 2.30. The fourth-order valence-corrected chi connectivity index (χ4v) is 1.99. The predicted octanol–water partition coefficient (Wildman–Crippen LogP) is 2.79. The number of nitrogen functional groups attached to an aromatic ring is 1. The minimum atomic E-state index is 0.429. The zero-order chi connectivity index (χ0) is 13.8. The van der Waals surface area contributed by atoms with E-state index in [0.29, 0.717) is 32.4 Å². The SMILES string of the molecule is N#Cc1ccc(Cl)cc1Nc1ncnc(NN)c1Br. The summed E-state index contributed by atoms with van der Waals surface area (Å²) in [5, 5.41) is 12.6. The number of nitrogens with one attached hydrogen (secondary N) is 2. The molecule has 1 aromatic heterocycles. The van der Waals surface area contributed by atoms with Gasteiger partial charge in [0.2, 0.25) is 0 Å². The number of hydrazine groups is 1. The summed E-state index contributed by atoms with van der Waals surface area (Å²) in [6, 6.07) is 6.99. The summed E-state index contributed by atoms with van der Waals surface area (Å²) >= 11 is 9.23. The summed E-state index contributed by atoms with van der Waals surface area (Å²) in [6.45, 7) is 0. The second kappa shape index (κ2) is 5.84. The van der Waals surface area contributed by atoms with Gasteiger partial charge < -0.3 is 10.7 Å². The molecule has 1 aromatic carbocycles. The Morgan fingerprint density at radius 3 is 2.74 bits per heavy atom. The molecule has 2 aromatic rings. The van der Waals surface area contributed by atoms with Crippen LogP contribution < -0.4 is 16.6 Å². The molecule has 19 heavy (non-hydrogen) atoms. The fraction of sp³-hybridized carbons (Fsp3) is 0. The lowest BCUT2D eigenvalue weighted by atomic mass is 10.2. The van der Waals surface area contributed by atoms with Crippen molar-refractivity contribution in [2.24, 2.45) is 5.84 Å². The Hall–Kier alpha value is -1.88. The lowest BCUT2D eigenvalue weighted by molar-refractivity contribution is 1.12. The molecule has 0 spiro atoms. The number of nitrogens with two attached hydrogens (primary N) is 1. The molecule has 4 N–H and O–H groups in total. The van der Waals surface area contributed by atoms with Gasteiger partial charge in [0.15, 0.2) is 5.82 Å². The van der Waals surface area contributed by atoms with Crippen LogP contribution in [0.4, 0.5) is 17.3 Å². The standard InChI is InChI=1S/C11H8BrClN6/c12-9-10(16-5-17-11(9)19-15)18-8-3-7(13)2-1-6(8)4-14/h1-3,5H,15H2,(H2,16,17,18,19). The number of rotatable bonds is 3. The number of halogens is 2. The van der Waals surface area contributed by atoms with Crippen LogP contribution in [-0.4, -0.2) is 9.97 Å². The number of nitrogens with zero attached hydrogens (tertiary/aromatic N) is 3. The van der Waals surface area contributed by atoms with Crippen LogP contribution in [0.5, 0.6) is 0 Å². The van der Waals surface area contributed by atoms with Crippen LogP contribution in [-0.2, 0) is 0 Å². The first-order valence-corrected chi connectivity index (χ1v) is 6.26. The third-order valence-corrected chi connectivity index (χ3v) is 3.27. The number of anilines is 3. The van der Waals surface area contributed by atoms with Gasteiger partial charge in [-0.1, -0.05) is 11.6 Å². The van der Waals surface area contributed by atoms with E-state index in [0.717, 1.165) is 0 Å². The van der Waals surface area contributed by atoms with E-state index in [4.69, 9.17) is 22.7 Å². The van der Waals surface area contributed by atoms with Crippen molar-refractivity contribution in [1.29, 1.82) is 5.26 Å². The maximum atomic E-state index is 9.05. The molecule has 0 radical (unpaired) electrons. The highest BCUT2D eigenvalue weighted by Gasteiger charge is 2.10. The third kappa shape index (κ3) is 2.93. The van der Waals surface area contributed by atoms with Gasteiger partial charge in [0.05, 0.1) is 11.3 Å². The van der Waals surface area contributed by atoms with Crippen LogP contribution in [0.15, 0.2) is 29.0 Å². The molecule has 8 heteroatoms. The maximum absolute atomic E-state index is 9.05. The monoisotopic (exact) mass is 338 g/mol. The maximum Gasteiger partial charge on any atom is 0.159 e. The third-order valence-electron chi connectivity index (χ3n) is 2.28. The largest absolute Gasteiger partial charge is 0.338 e. The van der Waals surface area contributed by atoms with E-state index >= 15 is 0 Å². The number of benzene rings is 1. The van der Waals surface area contributed by atoms with E-state index in [1.54, 1.807) is 18.2 Å². The first kappa shape index (κ1) is 13.5. The Morgan fingerprint density at radius 2 is 2.05 bits per heavy atom. The molecule has 1 heterocycles. The molecule has 0 aliphatic heterocycles. The van der Waals surface area contributed by atoms with Crippen molar-refractivity contribution in [3.63, 3.8) is 0 Å². The van der Waals surface area contributed by atoms with Crippen LogP contribution >= 0.6 is 27.5 Å². The topological polar surface area (TPSA) is 99.6 Å². The Morgan fingerprint density at radius 1 is 1.32 bits per heavy atom. The minimum Gasteiger partial charge on any atom is -0.338 e. The Bertz CT molecular complexity index is 654. The van der Waals surface area contributed by atoms with Crippen molar-refractivity contribution in [3.05, 3.63) is 39.6 Å². The number of hydrogen-bond acceptors (Lipinski definition) is 6. The van der Waals surface area contributed by atoms with Crippen LogP contribution in [0.2, 0.25) is 5.02 Å². The minimum absolute atomic E-state index is 0.429. The summed E-state index contributed by atoms with van der Waals surface area (Å²) in [4.78, 5) is 8.00. The summed E-state index contributed by atoms with van der Waals surface area (Å²) < 4.78 is 0.557. The molecule has 0 atom stereocenters.